The Bertz CT molecular complexity index is 425. The summed E-state index contributed by atoms with van der Waals surface area (Å²) < 4.78 is 11.0. The maximum Gasteiger partial charge on any atom is 0.167 e. The molecule has 94 valence electrons. The molecule has 0 bridgehead atoms. The van der Waals surface area contributed by atoms with Crippen LogP contribution in [0.25, 0.3) is 0 Å². The molecule has 0 unspecified atom stereocenters. The van der Waals surface area contributed by atoms with Crippen molar-refractivity contribution in [2.75, 3.05) is 7.11 Å². The zero-order chi connectivity index (χ0) is 12.6. The van der Waals surface area contributed by atoms with Crippen LogP contribution in [0.1, 0.15) is 32.3 Å². The molecule has 17 heavy (non-hydrogen) atoms. The van der Waals surface area contributed by atoms with E-state index in [-0.39, 0.29) is 6.10 Å². The number of aliphatic hydroxyl groups is 1. The van der Waals surface area contributed by atoms with Crippen molar-refractivity contribution < 1.29 is 14.6 Å². The summed E-state index contributed by atoms with van der Waals surface area (Å²) in [7, 11) is 1.57. The van der Waals surface area contributed by atoms with E-state index in [1.54, 1.807) is 19.2 Å². The van der Waals surface area contributed by atoms with Crippen LogP contribution in [0, 0.1) is 0 Å². The number of benzene rings is 1. The fraction of sp³-hybridized carbons (Fsp3) is 0.538. The quantitative estimate of drug-likeness (QED) is 0.900. The number of hydrogen-bond donors (Lipinski definition) is 1. The fourth-order valence-electron chi connectivity index (χ4n) is 1.81. The SMILES string of the molecule is COc1cc(Cl)cc(C2(O)CC2)c1OC(C)C. The van der Waals surface area contributed by atoms with Crippen LogP contribution >= 0.6 is 11.6 Å². The molecular formula is C13H17ClO3. The Labute approximate surface area is 106 Å². The summed E-state index contributed by atoms with van der Waals surface area (Å²) in [6.07, 6.45) is 1.50. The highest BCUT2D eigenvalue weighted by Crippen LogP contribution is 2.52. The van der Waals surface area contributed by atoms with Gasteiger partial charge in [-0.25, -0.2) is 0 Å². The van der Waals surface area contributed by atoms with Gasteiger partial charge in [0, 0.05) is 16.7 Å². The molecule has 1 aromatic rings. The molecule has 0 atom stereocenters. The number of hydrogen-bond acceptors (Lipinski definition) is 3. The third kappa shape index (κ3) is 2.50. The number of halogens is 1. The van der Waals surface area contributed by atoms with Crippen molar-refractivity contribution in [3.8, 4) is 11.5 Å². The predicted octanol–water partition coefficient (Wildman–Crippen LogP) is 3.12. The first-order chi connectivity index (χ1) is 7.96. The molecule has 3 nitrogen and oxygen atoms in total. The lowest BCUT2D eigenvalue weighted by atomic mass is 10.1. The van der Waals surface area contributed by atoms with Crippen molar-refractivity contribution in [3.05, 3.63) is 22.7 Å². The van der Waals surface area contributed by atoms with Gasteiger partial charge < -0.3 is 14.6 Å². The highest BCUT2D eigenvalue weighted by Gasteiger charge is 2.45. The standard InChI is InChI=1S/C13H17ClO3/c1-8(2)17-12-10(13(15)4-5-13)6-9(14)7-11(12)16-3/h6-8,15H,4-5H2,1-3H3. The van der Waals surface area contributed by atoms with Crippen LogP contribution in [0.15, 0.2) is 12.1 Å². The van der Waals surface area contributed by atoms with Gasteiger partial charge in [0.25, 0.3) is 0 Å². The van der Waals surface area contributed by atoms with Crippen molar-refractivity contribution in [3.63, 3.8) is 0 Å². The minimum atomic E-state index is -0.789. The highest BCUT2D eigenvalue weighted by atomic mass is 35.5. The summed E-state index contributed by atoms with van der Waals surface area (Å²) in [6, 6.07) is 3.46. The van der Waals surface area contributed by atoms with Gasteiger partial charge in [0.1, 0.15) is 0 Å². The second kappa shape index (κ2) is 4.39. The van der Waals surface area contributed by atoms with E-state index in [0.717, 1.165) is 18.4 Å². The van der Waals surface area contributed by atoms with Crippen molar-refractivity contribution in [2.24, 2.45) is 0 Å². The lowest BCUT2D eigenvalue weighted by molar-refractivity contribution is 0.140. The van der Waals surface area contributed by atoms with Crippen molar-refractivity contribution >= 4 is 11.6 Å². The van der Waals surface area contributed by atoms with Gasteiger partial charge >= 0.3 is 0 Å². The Morgan fingerprint density at radius 3 is 2.47 bits per heavy atom. The summed E-state index contributed by atoms with van der Waals surface area (Å²) in [6.45, 7) is 3.88. The lowest BCUT2D eigenvalue weighted by Crippen LogP contribution is -2.13. The first-order valence-electron chi connectivity index (χ1n) is 5.73. The first kappa shape index (κ1) is 12.5. The summed E-state index contributed by atoms with van der Waals surface area (Å²) in [4.78, 5) is 0. The Balaban J connectivity index is 2.50. The molecule has 0 amide bonds. The highest BCUT2D eigenvalue weighted by molar-refractivity contribution is 6.30. The van der Waals surface area contributed by atoms with Gasteiger partial charge in [-0.1, -0.05) is 11.6 Å². The van der Waals surface area contributed by atoms with Crippen LogP contribution in [-0.2, 0) is 5.60 Å². The van der Waals surface area contributed by atoms with Gasteiger partial charge in [-0.05, 0) is 32.8 Å². The molecule has 0 spiro atoms. The molecule has 1 aromatic carbocycles. The third-order valence-corrected chi connectivity index (χ3v) is 3.04. The van der Waals surface area contributed by atoms with E-state index in [1.807, 2.05) is 13.8 Å². The molecule has 0 heterocycles. The first-order valence-corrected chi connectivity index (χ1v) is 6.11. The second-order valence-corrected chi connectivity index (χ2v) is 5.12. The summed E-state index contributed by atoms with van der Waals surface area (Å²) in [5, 5.41) is 10.8. The van der Waals surface area contributed by atoms with E-state index in [9.17, 15) is 5.11 Å². The predicted molar refractivity (Wildman–Crippen MR) is 66.9 cm³/mol. The summed E-state index contributed by atoms with van der Waals surface area (Å²) in [5.74, 6) is 1.17. The van der Waals surface area contributed by atoms with Crippen LogP contribution in [0.4, 0.5) is 0 Å². The molecule has 0 saturated heterocycles. The van der Waals surface area contributed by atoms with Gasteiger partial charge in [-0.2, -0.15) is 0 Å². The molecule has 1 fully saturated rings. The third-order valence-electron chi connectivity index (χ3n) is 2.82. The second-order valence-electron chi connectivity index (χ2n) is 4.68. The molecule has 0 radical (unpaired) electrons. The smallest absolute Gasteiger partial charge is 0.167 e. The van der Waals surface area contributed by atoms with Crippen LogP contribution < -0.4 is 9.47 Å². The molecule has 1 saturated carbocycles. The van der Waals surface area contributed by atoms with Gasteiger partial charge in [-0.3, -0.25) is 0 Å². The Morgan fingerprint density at radius 2 is 2.00 bits per heavy atom. The molecule has 1 aliphatic rings. The Hall–Kier alpha value is -0.930. The van der Waals surface area contributed by atoms with Crippen LogP contribution in [0.3, 0.4) is 0 Å². The number of rotatable bonds is 4. The Morgan fingerprint density at radius 1 is 1.35 bits per heavy atom. The molecule has 0 aliphatic heterocycles. The maximum absolute atomic E-state index is 10.2. The zero-order valence-corrected chi connectivity index (χ0v) is 11.0. The summed E-state index contributed by atoms with van der Waals surface area (Å²) >= 11 is 6.02. The van der Waals surface area contributed by atoms with Crippen LogP contribution in [0.2, 0.25) is 5.02 Å². The van der Waals surface area contributed by atoms with E-state index in [2.05, 4.69) is 0 Å². The van der Waals surface area contributed by atoms with E-state index in [1.165, 1.54) is 0 Å². The van der Waals surface area contributed by atoms with Crippen LogP contribution in [0.5, 0.6) is 11.5 Å². The molecular weight excluding hydrogens is 240 g/mol. The Kier molecular flexibility index (Phi) is 3.23. The molecule has 1 N–H and O–H groups in total. The molecule has 2 rings (SSSR count). The molecule has 1 aliphatic carbocycles. The van der Waals surface area contributed by atoms with Gasteiger partial charge in [-0.15, -0.1) is 0 Å². The number of methoxy groups -OCH3 is 1. The average molecular weight is 257 g/mol. The molecule has 0 aromatic heterocycles. The van der Waals surface area contributed by atoms with E-state index in [4.69, 9.17) is 21.1 Å². The minimum absolute atomic E-state index is 0.0196. The zero-order valence-electron chi connectivity index (χ0n) is 10.3. The van der Waals surface area contributed by atoms with Crippen molar-refractivity contribution in [2.45, 2.75) is 38.4 Å². The van der Waals surface area contributed by atoms with Crippen molar-refractivity contribution in [1.29, 1.82) is 0 Å². The minimum Gasteiger partial charge on any atom is -0.493 e. The van der Waals surface area contributed by atoms with Crippen molar-refractivity contribution in [1.82, 2.24) is 0 Å². The monoisotopic (exact) mass is 256 g/mol. The number of ether oxygens (including phenoxy) is 2. The van der Waals surface area contributed by atoms with Gasteiger partial charge in [0.05, 0.1) is 18.8 Å². The topological polar surface area (TPSA) is 38.7 Å². The van der Waals surface area contributed by atoms with E-state index < -0.39 is 5.60 Å². The fourth-order valence-corrected chi connectivity index (χ4v) is 2.02. The normalized spacial score (nSPS) is 17.1. The summed E-state index contributed by atoms with van der Waals surface area (Å²) in [5.41, 5.74) is -0.0573. The van der Waals surface area contributed by atoms with E-state index >= 15 is 0 Å². The van der Waals surface area contributed by atoms with Crippen LogP contribution in [-0.4, -0.2) is 18.3 Å². The molecule has 4 heteroatoms. The average Bonchev–Trinajstić information content (AvgIpc) is 2.99. The largest absolute Gasteiger partial charge is 0.493 e. The van der Waals surface area contributed by atoms with Gasteiger partial charge in [0.2, 0.25) is 0 Å². The van der Waals surface area contributed by atoms with Gasteiger partial charge in [0.15, 0.2) is 11.5 Å². The maximum atomic E-state index is 10.2. The van der Waals surface area contributed by atoms with E-state index in [0.29, 0.717) is 16.5 Å². The lowest BCUT2D eigenvalue weighted by Gasteiger charge is -2.20.